The predicted octanol–water partition coefficient (Wildman–Crippen LogP) is 3.59. The third-order valence-corrected chi connectivity index (χ3v) is 5.38. The molecule has 142 valence electrons. The number of nitrogens with one attached hydrogen (secondary N) is 1. The Morgan fingerprint density at radius 2 is 1.93 bits per heavy atom. The van der Waals surface area contributed by atoms with E-state index in [2.05, 4.69) is 21.2 Å². The molecule has 0 aliphatic carbocycles. The molecule has 2 aromatic carbocycles. The van der Waals surface area contributed by atoms with Gasteiger partial charge in [0.15, 0.2) is 0 Å². The summed E-state index contributed by atoms with van der Waals surface area (Å²) in [6.07, 6.45) is -0.304. The van der Waals surface area contributed by atoms with Gasteiger partial charge in [-0.2, -0.15) is 0 Å². The first-order valence-corrected chi connectivity index (χ1v) is 9.62. The molecule has 0 bridgehead atoms. The van der Waals surface area contributed by atoms with Crippen molar-refractivity contribution >= 4 is 33.8 Å². The van der Waals surface area contributed by atoms with Crippen molar-refractivity contribution in [3.63, 3.8) is 0 Å². The van der Waals surface area contributed by atoms with Gasteiger partial charge in [-0.1, -0.05) is 51.8 Å². The molecule has 1 heterocycles. The number of carbonyl (C=O) groups excluding carboxylic acids is 1. The Morgan fingerprint density at radius 1 is 1.26 bits per heavy atom. The molecule has 6 nitrogen and oxygen atoms in total. The summed E-state index contributed by atoms with van der Waals surface area (Å²) in [6, 6.07) is 12.9. The Balaban J connectivity index is 1.89. The monoisotopic (exact) mass is 452 g/mol. The maximum atomic E-state index is 11.9. The first kappa shape index (κ1) is 19.9. The number of hydrogen-bond donors (Lipinski definition) is 1. The molecule has 27 heavy (non-hydrogen) atoms. The largest absolute Gasteiger partial charge is 0.360 e. The van der Waals surface area contributed by atoms with E-state index in [9.17, 15) is 14.9 Å². The van der Waals surface area contributed by atoms with E-state index in [1.807, 2.05) is 24.3 Å². The minimum atomic E-state index is -0.924. The van der Waals surface area contributed by atoms with E-state index in [-0.39, 0.29) is 17.9 Å². The number of ether oxygens (including phenoxy) is 1. The molecular formula is C19H18BrClN2O4. The van der Waals surface area contributed by atoms with Crippen molar-refractivity contribution in [1.29, 1.82) is 0 Å². The SMILES string of the molecule is O=C[C@H]1CN[C@H]([C@H](Cc2ccc(Cl)cc2)[N+](=O)[O-])C(c2ccc(Br)cc2)O1. The number of nitrogens with zero attached hydrogens (tertiary/aromatic N) is 1. The maximum absolute atomic E-state index is 11.9. The van der Waals surface area contributed by atoms with Gasteiger partial charge in [0, 0.05) is 27.4 Å². The van der Waals surface area contributed by atoms with Crippen LogP contribution in [0.15, 0.2) is 53.0 Å². The first-order valence-electron chi connectivity index (χ1n) is 8.45. The Morgan fingerprint density at radius 3 is 2.52 bits per heavy atom. The molecule has 3 rings (SSSR count). The molecule has 4 atom stereocenters. The van der Waals surface area contributed by atoms with Gasteiger partial charge in [0.1, 0.15) is 24.5 Å². The third-order valence-electron chi connectivity index (χ3n) is 4.60. The van der Waals surface area contributed by atoms with Crippen LogP contribution in [0.1, 0.15) is 17.2 Å². The van der Waals surface area contributed by atoms with Crippen LogP contribution < -0.4 is 5.32 Å². The van der Waals surface area contributed by atoms with Gasteiger partial charge in [-0.15, -0.1) is 0 Å². The predicted molar refractivity (Wildman–Crippen MR) is 106 cm³/mol. The molecule has 1 fully saturated rings. The molecule has 1 N–H and O–H groups in total. The van der Waals surface area contributed by atoms with Gasteiger partial charge in [0.25, 0.3) is 0 Å². The van der Waals surface area contributed by atoms with Crippen molar-refractivity contribution in [3.05, 3.63) is 79.3 Å². The molecule has 0 radical (unpaired) electrons. The summed E-state index contributed by atoms with van der Waals surface area (Å²) in [5, 5.41) is 15.6. The van der Waals surface area contributed by atoms with Crippen LogP contribution in [-0.4, -0.2) is 35.9 Å². The molecule has 1 aliphatic heterocycles. The Bertz CT molecular complexity index is 800. The summed E-state index contributed by atoms with van der Waals surface area (Å²) in [5.74, 6) is 0. The normalized spacial score (nSPS) is 23.6. The van der Waals surface area contributed by atoms with Crippen LogP contribution in [0.2, 0.25) is 5.02 Å². The lowest BCUT2D eigenvalue weighted by atomic mass is 9.90. The van der Waals surface area contributed by atoms with Gasteiger partial charge in [-0.25, -0.2) is 0 Å². The summed E-state index contributed by atoms with van der Waals surface area (Å²) < 4.78 is 6.78. The summed E-state index contributed by atoms with van der Waals surface area (Å²) in [7, 11) is 0. The zero-order valence-corrected chi connectivity index (χ0v) is 16.6. The summed E-state index contributed by atoms with van der Waals surface area (Å²) >= 11 is 9.29. The van der Waals surface area contributed by atoms with Crippen molar-refractivity contribution in [2.75, 3.05) is 6.54 Å². The van der Waals surface area contributed by atoms with Crippen molar-refractivity contribution < 1.29 is 14.5 Å². The molecule has 1 saturated heterocycles. The van der Waals surface area contributed by atoms with E-state index in [0.717, 1.165) is 21.9 Å². The second kappa shape index (κ2) is 8.93. The zero-order valence-electron chi connectivity index (χ0n) is 14.3. The topological polar surface area (TPSA) is 81.5 Å². The number of carbonyl (C=O) groups is 1. The molecule has 1 aliphatic rings. The summed E-state index contributed by atoms with van der Waals surface area (Å²) in [5.41, 5.74) is 1.60. The Kier molecular flexibility index (Phi) is 6.59. The zero-order chi connectivity index (χ0) is 19.4. The highest BCUT2D eigenvalue weighted by Gasteiger charge is 2.42. The van der Waals surface area contributed by atoms with E-state index in [1.165, 1.54) is 0 Å². The molecule has 0 aromatic heterocycles. The van der Waals surface area contributed by atoms with Crippen LogP contribution in [0.5, 0.6) is 0 Å². The molecular weight excluding hydrogens is 436 g/mol. The van der Waals surface area contributed by atoms with Gasteiger partial charge in [-0.05, 0) is 35.4 Å². The summed E-state index contributed by atoms with van der Waals surface area (Å²) in [6.45, 7) is 0.242. The average molecular weight is 454 g/mol. The minimum Gasteiger partial charge on any atom is -0.360 e. The Labute approximate surface area is 170 Å². The minimum absolute atomic E-state index is 0.226. The molecule has 8 heteroatoms. The second-order valence-corrected chi connectivity index (χ2v) is 7.75. The fraction of sp³-hybridized carbons (Fsp3) is 0.316. The Hall–Kier alpha value is -1.80. The van der Waals surface area contributed by atoms with Gasteiger partial charge >= 0.3 is 0 Å². The van der Waals surface area contributed by atoms with Crippen LogP contribution in [-0.2, 0) is 16.0 Å². The van der Waals surface area contributed by atoms with Gasteiger partial charge in [-0.3, -0.25) is 10.1 Å². The number of hydrogen-bond acceptors (Lipinski definition) is 5. The van der Waals surface area contributed by atoms with Gasteiger partial charge < -0.3 is 14.8 Å². The standard InChI is InChI=1S/C19H18BrClN2O4/c20-14-5-3-13(4-6-14)19-18(22-10-16(11-24)27-19)17(23(25)26)9-12-1-7-15(21)8-2-12/h1-8,11,16-19,22H,9-10H2/t16-,17+,18-,19?/m1/s1. The van der Waals surface area contributed by atoms with Crippen LogP contribution in [0.3, 0.4) is 0 Å². The van der Waals surface area contributed by atoms with Gasteiger partial charge in [0.05, 0.1) is 0 Å². The lowest BCUT2D eigenvalue weighted by Crippen LogP contribution is -2.56. The second-order valence-electron chi connectivity index (χ2n) is 6.40. The van der Waals surface area contributed by atoms with Crippen LogP contribution >= 0.6 is 27.5 Å². The van der Waals surface area contributed by atoms with Crippen molar-refractivity contribution in [2.24, 2.45) is 0 Å². The highest BCUT2D eigenvalue weighted by atomic mass is 79.9. The third kappa shape index (κ3) is 4.93. The van der Waals surface area contributed by atoms with E-state index in [0.29, 0.717) is 5.02 Å². The number of benzene rings is 2. The number of nitro groups is 1. The van der Waals surface area contributed by atoms with Crippen LogP contribution in [0.25, 0.3) is 0 Å². The molecule has 1 unspecified atom stereocenters. The lowest BCUT2D eigenvalue weighted by molar-refractivity contribution is -0.530. The van der Waals surface area contributed by atoms with Crippen molar-refractivity contribution in [2.45, 2.75) is 30.7 Å². The van der Waals surface area contributed by atoms with Crippen molar-refractivity contribution in [3.8, 4) is 0 Å². The smallest absolute Gasteiger partial charge is 0.235 e. The highest BCUT2D eigenvalue weighted by molar-refractivity contribution is 9.10. The van der Waals surface area contributed by atoms with Crippen LogP contribution in [0.4, 0.5) is 0 Å². The van der Waals surface area contributed by atoms with E-state index in [1.54, 1.807) is 24.3 Å². The van der Waals surface area contributed by atoms with Gasteiger partial charge in [0.2, 0.25) is 6.04 Å². The molecule has 0 spiro atoms. The van der Waals surface area contributed by atoms with Crippen LogP contribution in [0, 0.1) is 10.1 Å². The highest BCUT2D eigenvalue weighted by Crippen LogP contribution is 2.30. The fourth-order valence-corrected chi connectivity index (χ4v) is 3.62. The fourth-order valence-electron chi connectivity index (χ4n) is 3.23. The van der Waals surface area contributed by atoms with E-state index < -0.39 is 24.3 Å². The number of morpholine rings is 1. The quantitative estimate of drug-likeness (QED) is 0.411. The molecule has 0 saturated carbocycles. The number of rotatable bonds is 6. The molecule has 2 aromatic rings. The first-order chi connectivity index (χ1) is 13.0. The average Bonchev–Trinajstić information content (AvgIpc) is 2.67. The van der Waals surface area contributed by atoms with E-state index in [4.69, 9.17) is 16.3 Å². The van der Waals surface area contributed by atoms with E-state index >= 15 is 0 Å². The lowest BCUT2D eigenvalue weighted by Gasteiger charge is -2.37. The maximum Gasteiger partial charge on any atom is 0.235 e. The molecule has 0 amide bonds. The number of halogens is 2. The number of aldehydes is 1. The summed E-state index contributed by atoms with van der Waals surface area (Å²) in [4.78, 5) is 22.8. The van der Waals surface area contributed by atoms with Crippen molar-refractivity contribution in [1.82, 2.24) is 5.32 Å².